The van der Waals surface area contributed by atoms with Crippen LogP contribution < -0.4 is 4.90 Å². The first-order valence-electron chi connectivity index (χ1n) is 10.2. The first-order valence-corrected chi connectivity index (χ1v) is 10.2. The second-order valence-corrected chi connectivity index (χ2v) is 7.53. The van der Waals surface area contributed by atoms with E-state index >= 15 is 0 Å². The van der Waals surface area contributed by atoms with Crippen molar-refractivity contribution in [2.24, 2.45) is 0 Å². The lowest BCUT2D eigenvalue weighted by molar-refractivity contribution is 0.473. The zero-order valence-corrected chi connectivity index (χ0v) is 16.8. The van der Waals surface area contributed by atoms with Crippen LogP contribution in [0, 0.1) is 6.92 Å². The molecule has 4 heterocycles. The van der Waals surface area contributed by atoms with Crippen molar-refractivity contribution in [3.05, 3.63) is 65.9 Å². The number of rotatable bonds is 6. The molecule has 1 saturated heterocycles. The van der Waals surface area contributed by atoms with Gasteiger partial charge < -0.3 is 9.47 Å². The number of nitrogens with zero attached hydrogens (tertiary/aromatic N) is 6. The number of aryl methyl sites for hydroxylation is 2. The highest BCUT2D eigenvalue weighted by Gasteiger charge is 2.26. The van der Waals surface area contributed by atoms with E-state index in [9.17, 15) is 0 Å². The second-order valence-electron chi connectivity index (χ2n) is 7.53. The Bertz CT molecular complexity index is 904. The van der Waals surface area contributed by atoms with Gasteiger partial charge in [-0.15, -0.1) is 0 Å². The minimum absolute atomic E-state index is 0.400. The second kappa shape index (κ2) is 8.50. The molecule has 0 amide bonds. The average Bonchev–Trinajstić information content (AvgIpc) is 3.17. The summed E-state index contributed by atoms with van der Waals surface area (Å²) in [5.41, 5.74) is 2.20. The van der Waals surface area contributed by atoms with E-state index in [-0.39, 0.29) is 0 Å². The van der Waals surface area contributed by atoms with Gasteiger partial charge in [-0.25, -0.2) is 15.0 Å². The maximum atomic E-state index is 4.72. The predicted molar refractivity (Wildman–Crippen MR) is 111 cm³/mol. The Labute approximate surface area is 166 Å². The molecule has 0 unspecified atom stereocenters. The molecule has 1 aliphatic rings. The standard InChI is InChI=1S/C22H28N6/c1-3-7-19-14-21(26-17(2)25-19)27-12-6-8-18(15-27)22-24-11-13-28(22)16-20-9-4-5-10-23-20/h4-5,9-11,13-14,18H,3,6-8,12,15-16H2,1-2H3/t18-/m0/s1. The Balaban J connectivity index is 1.53. The van der Waals surface area contributed by atoms with Crippen LogP contribution in [0.2, 0.25) is 0 Å². The van der Waals surface area contributed by atoms with Crippen LogP contribution >= 0.6 is 0 Å². The maximum Gasteiger partial charge on any atom is 0.132 e. The van der Waals surface area contributed by atoms with Crippen molar-refractivity contribution in [1.29, 1.82) is 0 Å². The van der Waals surface area contributed by atoms with E-state index in [4.69, 9.17) is 9.97 Å². The highest BCUT2D eigenvalue weighted by atomic mass is 15.2. The first kappa shape index (κ1) is 18.6. The molecule has 4 rings (SSSR count). The smallest absolute Gasteiger partial charge is 0.132 e. The van der Waals surface area contributed by atoms with Crippen molar-refractivity contribution in [3.63, 3.8) is 0 Å². The van der Waals surface area contributed by atoms with Crippen LogP contribution in [-0.2, 0) is 13.0 Å². The van der Waals surface area contributed by atoms with E-state index in [0.29, 0.717) is 5.92 Å². The Morgan fingerprint density at radius 3 is 2.86 bits per heavy atom. The Morgan fingerprint density at radius 1 is 1.11 bits per heavy atom. The minimum Gasteiger partial charge on any atom is -0.356 e. The van der Waals surface area contributed by atoms with Gasteiger partial charge in [0.05, 0.1) is 12.2 Å². The molecule has 1 fully saturated rings. The monoisotopic (exact) mass is 376 g/mol. The summed E-state index contributed by atoms with van der Waals surface area (Å²) in [7, 11) is 0. The van der Waals surface area contributed by atoms with Crippen molar-refractivity contribution in [1.82, 2.24) is 24.5 Å². The summed E-state index contributed by atoms with van der Waals surface area (Å²) in [4.78, 5) is 20.9. The van der Waals surface area contributed by atoms with Crippen molar-refractivity contribution in [3.8, 4) is 0 Å². The zero-order valence-electron chi connectivity index (χ0n) is 16.8. The van der Waals surface area contributed by atoms with Crippen LogP contribution in [0.3, 0.4) is 0 Å². The van der Waals surface area contributed by atoms with Gasteiger partial charge in [0.15, 0.2) is 0 Å². The molecule has 1 aliphatic heterocycles. The fraction of sp³-hybridized carbons (Fsp3) is 0.455. The SMILES string of the molecule is CCCc1cc(N2CCC[C@H](c3nccn3Cc3ccccn3)C2)nc(C)n1. The summed E-state index contributed by atoms with van der Waals surface area (Å²) in [6.07, 6.45) is 10.2. The third kappa shape index (κ3) is 4.21. The number of hydrogen-bond acceptors (Lipinski definition) is 5. The number of aromatic nitrogens is 5. The van der Waals surface area contributed by atoms with Gasteiger partial charge in [-0.3, -0.25) is 4.98 Å². The van der Waals surface area contributed by atoms with Gasteiger partial charge in [-0.05, 0) is 38.3 Å². The number of imidazole rings is 1. The van der Waals surface area contributed by atoms with Gasteiger partial charge in [0.2, 0.25) is 0 Å². The van der Waals surface area contributed by atoms with Crippen LogP contribution in [0.1, 0.15) is 55.1 Å². The molecule has 6 heteroatoms. The van der Waals surface area contributed by atoms with Gasteiger partial charge >= 0.3 is 0 Å². The lowest BCUT2D eigenvalue weighted by Gasteiger charge is -2.33. The molecule has 0 aromatic carbocycles. The molecular weight excluding hydrogens is 348 g/mol. The summed E-state index contributed by atoms with van der Waals surface area (Å²) >= 11 is 0. The summed E-state index contributed by atoms with van der Waals surface area (Å²) < 4.78 is 2.24. The molecule has 0 saturated carbocycles. The molecular formula is C22H28N6. The molecule has 6 nitrogen and oxygen atoms in total. The van der Waals surface area contributed by atoms with E-state index in [1.165, 1.54) is 0 Å². The average molecular weight is 377 g/mol. The Morgan fingerprint density at radius 2 is 2.04 bits per heavy atom. The number of piperidine rings is 1. The van der Waals surface area contributed by atoms with Crippen LogP contribution in [0.4, 0.5) is 5.82 Å². The van der Waals surface area contributed by atoms with Gasteiger partial charge in [-0.1, -0.05) is 19.4 Å². The fourth-order valence-corrected chi connectivity index (χ4v) is 4.03. The molecule has 28 heavy (non-hydrogen) atoms. The third-order valence-corrected chi connectivity index (χ3v) is 5.30. The van der Waals surface area contributed by atoms with Crippen LogP contribution in [-0.4, -0.2) is 37.6 Å². The van der Waals surface area contributed by atoms with E-state index < -0.39 is 0 Å². The largest absolute Gasteiger partial charge is 0.356 e. The van der Waals surface area contributed by atoms with Gasteiger partial charge in [0.25, 0.3) is 0 Å². The number of hydrogen-bond donors (Lipinski definition) is 0. The quantitative estimate of drug-likeness (QED) is 0.655. The molecule has 146 valence electrons. The number of anilines is 1. The summed E-state index contributed by atoms with van der Waals surface area (Å²) in [6.45, 7) is 6.93. The van der Waals surface area contributed by atoms with Gasteiger partial charge in [0.1, 0.15) is 17.5 Å². The topological polar surface area (TPSA) is 59.7 Å². The normalized spacial score (nSPS) is 17.1. The molecule has 0 N–H and O–H groups in total. The lowest BCUT2D eigenvalue weighted by Crippen LogP contribution is -2.36. The number of pyridine rings is 1. The molecule has 3 aromatic heterocycles. The van der Waals surface area contributed by atoms with E-state index in [2.05, 4.69) is 44.7 Å². The Hall–Kier alpha value is -2.76. The first-order chi connectivity index (χ1) is 13.7. The molecule has 0 bridgehead atoms. The molecule has 0 aliphatic carbocycles. The van der Waals surface area contributed by atoms with Crippen molar-refractivity contribution in [2.75, 3.05) is 18.0 Å². The van der Waals surface area contributed by atoms with E-state index in [1.807, 2.05) is 31.5 Å². The molecule has 3 aromatic rings. The van der Waals surface area contributed by atoms with E-state index in [0.717, 1.165) is 74.2 Å². The summed E-state index contributed by atoms with van der Waals surface area (Å²) in [5, 5.41) is 0. The lowest BCUT2D eigenvalue weighted by atomic mass is 9.97. The summed E-state index contributed by atoms with van der Waals surface area (Å²) in [5.74, 6) is 3.47. The van der Waals surface area contributed by atoms with Crippen molar-refractivity contribution >= 4 is 5.82 Å². The van der Waals surface area contributed by atoms with Crippen LogP contribution in [0.15, 0.2) is 42.9 Å². The zero-order chi connectivity index (χ0) is 19.3. The highest BCUT2D eigenvalue weighted by molar-refractivity contribution is 5.41. The Kier molecular flexibility index (Phi) is 5.65. The van der Waals surface area contributed by atoms with Crippen LogP contribution in [0.25, 0.3) is 0 Å². The van der Waals surface area contributed by atoms with Crippen molar-refractivity contribution in [2.45, 2.75) is 52.0 Å². The predicted octanol–water partition coefficient (Wildman–Crippen LogP) is 3.76. The summed E-state index contributed by atoms with van der Waals surface area (Å²) in [6, 6.07) is 8.22. The van der Waals surface area contributed by atoms with Gasteiger partial charge in [-0.2, -0.15) is 0 Å². The third-order valence-electron chi connectivity index (χ3n) is 5.30. The van der Waals surface area contributed by atoms with Gasteiger partial charge in [0, 0.05) is 49.4 Å². The molecule has 0 radical (unpaired) electrons. The van der Waals surface area contributed by atoms with Crippen molar-refractivity contribution < 1.29 is 0 Å². The highest BCUT2D eigenvalue weighted by Crippen LogP contribution is 2.29. The maximum absolute atomic E-state index is 4.72. The minimum atomic E-state index is 0.400. The van der Waals surface area contributed by atoms with E-state index in [1.54, 1.807) is 0 Å². The molecule has 0 spiro atoms. The fourth-order valence-electron chi connectivity index (χ4n) is 4.03. The molecule has 1 atom stereocenters. The van der Waals surface area contributed by atoms with Crippen LogP contribution in [0.5, 0.6) is 0 Å².